The van der Waals surface area contributed by atoms with E-state index in [2.05, 4.69) is 0 Å². The monoisotopic (exact) mass is 291 g/mol. The Morgan fingerprint density at radius 1 is 1.20 bits per heavy atom. The third kappa shape index (κ3) is 3.13. The normalized spacial score (nSPS) is 10.1. The Hall–Kier alpha value is -2.40. The summed E-state index contributed by atoms with van der Waals surface area (Å²) in [6, 6.07) is 10.5. The highest BCUT2D eigenvalue weighted by atomic mass is 35.5. The fraction of sp³-hybridized carbons (Fsp3) is 0.0714. The van der Waals surface area contributed by atoms with Gasteiger partial charge in [-0.1, -0.05) is 29.3 Å². The molecule has 0 aliphatic heterocycles. The lowest BCUT2D eigenvalue weighted by Crippen LogP contribution is -2.09. The number of nitro groups is 1. The Bertz CT molecular complexity index is 667. The number of halogens is 1. The van der Waals surface area contributed by atoms with Gasteiger partial charge in [0.2, 0.25) is 0 Å². The highest BCUT2D eigenvalue weighted by molar-refractivity contribution is 6.33. The summed E-state index contributed by atoms with van der Waals surface area (Å²) in [6.07, 6.45) is 0. The molecule has 0 saturated heterocycles. The summed E-state index contributed by atoms with van der Waals surface area (Å²) >= 11 is 5.86. The number of carbonyl (C=O) groups is 1. The molecule has 0 saturated carbocycles. The molecule has 0 aromatic heterocycles. The van der Waals surface area contributed by atoms with Crippen LogP contribution in [0.5, 0.6) is 5.75 Å². The number of nitro benzene ring substituents is 1. The van der Waals surface area contributed by atoms with Crippen LogP contribution in [0.3, 0.4) is 0 Å². The zero-order chi connectivity index (χ0) is 14.7. The van der Waals surface area contributed by atoms with Gasteiger partial charge in [-0.05, 0) is 25.1 Å². The maximum Gasteiger partial charge on any atom is 0.345 e. The standard InChI is InChI=1S/C14H10ClNO4/c1-9-2-5-11(6-3-9)20-14(17)12-8-10(16(18)19)4-7-13(12)15/h2-8H,1H3. The van der Waals surface area contributed by atoms with E-state index in [1.165, 1.54) is 12.1 Å². The van der Waals surface area contributed by atoms with E-state index in [-0.39, 0.29) is 16.3 Å². The summed E-state index contributed by atoms with van der Waals surface area (Å²) in [5.41, 5.74) is 0.768. The Morgan fingerprint density at radius 2 is 1.85 bits per heavy atom. The van der Waals surface area contributed by atoms with Gasteiger partial charge in [0.25, 0.3) is 5.69 Å². The van der Waals surface area contributed by atoms with E-state index in [1.54, 1.807) is 24.3 Å². The maximum atomic E-state index is 12.0. The number of ether oxygens (including phenoxy) is 1. The van der Waals surface area contributed by atoms with Crippen LogP contribution < -0.4 is 4.74 Å². The first-order chi connectivity index (χ1) is 9.47. The van der Waals surface area contributed by atoms with Crippen LogP contribution in [-0.2, 0) is 0 Å². The first-order valence-corrected chi connectivity index (χ1v) is 6.08. The lowest BCUT2D eigenvalue weighted by Gasteiger charge is -2.06. The average molecular weight is 292 g/mol. The van der Waals surface area contributed by atoms with Crippen LogP contribution in [0.25, 0.3) is 0 Å². The fourth-order valence-electron chi connectivity index (χ4n) is 1.55. The predicted molar refractivity (Wildman–Crippen MR) is 74.2 cm³/mol. The van der Waals surface area contributed by atoms with Crippen LogP contribution >= 0.6 is 11.6 Å². The molecule has 0 unspecified atom stereocenters. The lowest BCUT2D eigenvalue weighted by atomic mass is 10.2. The minimum Gasteiger partial charge on any atom is -0.423 e. The van der Waals surface area contributed by atoms with Crippen molar-refractivity contribution in [1.82, 2.24) is 0 Å². The molecule has 20 heavy (non-hydrogen) atoms. The van der Waals surface area contributed by atoms with Gasteiger partial charge in [0.1, 0.15) is 5.75 Å². The summed E-state index contributed by atoms with van der Waals surface area (Å²) in [5.74, 6) is -0.384. The predicted octanol–water partition coefficient (Wildman–Crippen LogP) is 3.78. The Labute approximate surface area is 119 Å². The van der Waals surface area contributed by atoms with Crippen molar-refractivity contribution in [3.8, 4) is 5.75 Å². The first kappa shape index (κ1) is 14.0. The number of hydrogen-bond acceptors (Lipinski definition) is 4. The highest BCUT2D eigenvalue weighted by Crippen LogP contribution is 2.23. The molecule has 0 spiro atoms. The van der Waals surface area contributed by atoms with E-state index in [0.717, 1.165) is 11.6 Å². The van der Waals surface area contributed by atoms with Crippen LogP contribution in [-0.4, -0.2) is 10.9 Å². The number of non-ortho nitro benzene ring substituents is 1. The second-order valence-corrected chi connectivity index (χ2v) is 4.53. The SMILES string of the molecule is Cc1ccc(OC(=O)c2cc([N+](=O)[O-])ccc2Cl)cc1. The molecular weight excluding hydrogens is 282 g/mol. The summed E-state index contributed by atoms with van der Waals surface area (Å²) in [6.45, 7) is 1.91. The average Bonchev–Trinajstić information content (AvgIpc) is 2.41. The third-order valence-corrected chi connectivity index (χ3v) is 2.94. The van der Waals surface area contributed by atoms with Crippen molar-refractivity contribution in [2.45, 2.75) is 6.92 Å². The molecule has 0 N–H and O–H groups in total. The second-order valence-electron chi connectivity index (χ2n) is 4.12. The summed E-state index contributed by atoms with van der Waals surface area (Å²) in [5, 5.41) is 10.8. The molecule has 102 valence electrons. The molecule has 0 fully saturated rings. The molecule has 2 aromatic carbocycles. The Morgan fingerprint density at radius 3 is 2.45 bits per heavy atom. The Balaban J connectivity index is 2.26. The molecule has 0 amide bonds. The van der Waals surface area contributed by atoms with Crippen LogP contribution in [0.4, 0.5) is 5.69 Å². The summed E-state index contributed by atoms with van der Waals surface area (Å²) in [4.78, 5) is 22.1. The zero-order valence-corrected chi connectivity index (χ0v) is 11.3. The molecule has 5 nitrogen and oxygen atoms in total. The van der Waals surface area contributed by atoms with Crippen molar-refractivity contribution in [2.75, 3.05) is 0 Å². The molecule has 0 aliphatic carbocycles. The number of benzene rings is 2. The quantitative estimate of drug-likeness (QED) is 0.373. The Kier molecular flexibility index (Phi) is 4.00. The molecule has 0 radical (unpaired) electrons. The largest absolute Gasteiger partial charge is 0.423 e. The number of nitrogens with zero attached hydrogens (tertiary/aromatic N) is 1. The van der Waals surface area contributed by atoms with Gasteiger partial charge in [-0.2, -0.15) is 0 Å². The van der Waals surface area contributed by atoms with E-state index in [0.29, 0.717) is 5.75 Å². The van der Waals surface area contributed by atoms with Crippen molar-refractivity contribution in [3.63, 3.8) is 0 Å². The van der Waals surface area contributed by atoms with Crippen molar-refractivity contribution in [2.24, 2.45) is 0 Å². The van der Waals surface area contributed by atoms with Crippen LogP contribution in [0.2, 0.25) is 5.02 Å². The number of esters is 1. The van der Waals surface area contributed by atoms with Crippen LogP contribution in [0, 0.1) is 17.0 Å². The number of hydrogen-bond donors (Lipinski definition) is 0. The number of rotatable bonds is 3. The first-order valence-electron chi connectivity index (χ1n) is 5.70. The highest BCUT2D eigenvalue weighted by Gasteiger charge is 2.17. The minimum atomic E-state index is -0.734. The van der Waals surface area contributed by atoms with Crippen molar-refractivity contribution < 1.29 is 14.5 Å². The molecule has 0 bridgehead atoms. The van der Waals surface area contributed by atoms with Gasteiger partial charge in [-0.3, -0.25) is 10.1 Å². The van der Waals surface area contributed by atoms with Crippen molar-refractivity contribution >= 4 is 23.3 Å². The van der Waals surface area contributed by atoms with E-state index in [1.807, 2.05) is 6.92 Å². The number of carbonyl (C=O) groups excluding carboxylic acids is 1. The second kappa shape index (κ2) is 5.71. The molecule has 0 aliphatic rings. The summed E-state index contributed by atoms with van der Waals surface area (Å²) in [7, 11) is 0. The van der Waals surface area contributed by atoms with E-state index >= 15 is 0 Å². The van der Waals surface area contributed by atoms with Crippen molar-refractivity contribution in [3.05, 3.63) is 68.7 Å². The van der Waals surface area contributed by atoms with Gasteiger partial charge in [0.05, 0.1) is 15.5 Å². The third-order valence-electron chi connectivity index (χ3n) is 2.61. The van der Waals surface area contributed by atoms with Crippen LogP contribution in [0.15, 0.2) is 42.5 Å². The molecule has 2 aromatic rings. The van der Waals surface area contributed by atoms with E-state index in [4.69, 9.17) is 16.3 Å². The van der Waals surface area contributed by atoms with Gasteiger partial charge < -0.3 is 4.74 Å². The van der Waals surface area contributed by atoms with Gasteiger partial charge in [0.15, 0.2) is 0 Å². The molecule has 6 heteroatoms. The smallest absolute Gasteiger partial charge is 0.345 e. The van der Waals surface area contributed by atoms with Gasteiger partial charge in [0, 0.05) is 12.1 Å². The van der Waals surface area contributed by atoms with Gasteiger partial charge >= 0.3 is 5.97 Å². The lowest BCUT2D eigenvalue weighted by molar-refractivity contribution is -0.384. The van der Waals surface area contributed by atoms with E-state index < -0.39 is 10.9 Å². The molecule has 2 rings (SSSR count). The van der Waals surface area contributed by atoms with Crippen LogP contribution in [0.1, 0.15) is 15.9 Å². The van der Waals surface area contributed by atoms with Gasteiger partial charge in [-0.15, -0.1) is 0 Å². The minimum absolute atomic E-state index is 0.0403. The number of aryl methyl sites for hydroxylation is 1. The van der Waals surface area contributed by atoms with Gasteiger partial charge in [-0.25, -0.2) is 4.79 Å². The molecule has 0 atom stereocenters. The molecule has 0 heterocycles. The van der Waals surface area contributed by atoms with E-state index in [9.17, 15) is 14.9 Å². The summed E-state index contributed by atoms with van der Waals surface area (Å²) < 4.78 is 5.13. The molecular formula is C14H10ClNO4. The maximum absolute atomic E-state index is 12.0. The zero-order valence-electron chi connectivity index (χ0n) is 10.5. The van der Waals surface area contributed by atoms with Crippen molar-refractivity contribution in [1.29, 1.82) is 0 Å². The fourth-order valence-corrected chi connectivity index (χ4v) is 1.75. The topological polar surface area (TPSA) is 69.4 Å².